The monoisotopic (exact) mass is 499 g/mol. The molecule has 0 atom stereocenters. The van der Waals surface area contributed by atoms with E-state index in [-0.39, 0.29) is 0 Å². The summed E-state index contributed by atoms with van der Waals surface area (Å²) in [6, 6.07) is 0. The van der Waals surface area contributed by atoms with Gasteiger partial charge >= 0.3 is 0 Å². The lowest BCUT2D eigenvalue weighted by Gasteiger charge is -2.35. The highest BCUT2D eigenvalue weighted by molar-refractivity contribution is 4.49. The van der Waals surface area contributed by atoms with Gasteiger partial charge in [0.2, 0.25) is 0 Å². The molecule has 0 heterocycles. The van der Waals surface area contributed by atoms with Crippen molar-refractivity contribution in [3.8, 4) is 0 Å². The summed E-state index contributed by atoms with van der Waals surface area (Å²) in [6.07, 6.45) is 25.6. The Morgan fingerprint density at radius 1 is 0.257 bits per heavy atom. The first kappa shape index (κ1) is 34.9. The number of quaternary nitrogens is 3. The van der Waals surface area contributed by atoms with Gasteiger partial charge in [-0.15, -0.1) is 0 Å². The maximum absolute atomic E-state index is 2.46. The molecule has 0 aliphatic heterocycles. The average molecular weight is 499 g/mol. The molecule has 0 aromatic rings. The minimum atomic E-state index is 1.19. The van der Waals surface area contributed by atoms with Gasteiger partial charge in [-0.25, -0.2) is 0 Å². The highest BCUT2D eigenvalue weighted by Crippen LogP contribution is 2.13. The summed E-state index contributed by atoms with van der Waals surface area (Å²) < 4.78 is 3.60. The Morgan fingerprint density at radius 3 is 0.714 bits per heavy atom. The van der Waals surface area contributed by atoms with Crippen molar-refractivity contribution in [2.45, 2.75) is 129 Å². The zero-order valence-corrected chi connectivity index (χ0v) is 26.3. The van der Waals surface area contributed by atoms with Gasteiger partial charge in [0.15, 0.2) is 0 Å². The zero-order chi connectivity index (χ0) is 26.5. The molecule has 0 aromatic heterocycles. The molecule has 0 bridgehead atoms. The zero-order valence-electron chi connectivity index (χ0n) is 26.3. The molecule has 0 unspecified atom stereocenters. The van der Waals surface area contributed by atoms with Crippen LogP contribution < -0.4 is 0 Å². The van der Waals surface area contributed by atoms with Gasteiger partial charge in [-0.3, -0.25) is 0 Å². The third-order valence-corrected chi connectivity index (χ3v) is 8.29. The molecule has 35 heavy (non-hydrogen) atoms. The predicted molar refractivity (Wildman–Crippen MR) is 160 cm³/mol. The third kappa shape index (κ3) is 24.0. The van der Waals surface area contributed by atoms with Crippen LogP contribution in [-0.2, 0) is 0 Å². The van der Waals surface area contributed by atoms with Crippen molar-refractivity contribution in [3.63, 3.8) is 0 Å². The predicted octanol–water partition coefficient (Wildman–Crippen LogP) is 8.28. The quantitative estimate of drug-likeness (QED) is 0.0831. The smallest absolute Gasteiger partial charge is 0.0836 e. The fourth-order valence-corrected chi connectivity index (χ4v) is 5.54. The Hall–Kier alpha value is -0.120. The molecule has 0 rings (SSSR count). The second-order valence-corrected chi connectivity index (χ2v) is 13.8. The number of hydrogen-bond acceptors (Lipinski definition) is 0. The van der Waals surface area contributed by atoms with Crippen molar-refractivity contribution in [2.24, 2.45) is 0 Å². The van der Waals surface area contributed by atoms with E-state index < -0.39 is 0 Å². The van der Waals surface area contributed by atoms with Crippen molar-refractivity contribution in [2.75, 3.05) is 81.6 Å². The highest BCUT2D eigenvalue weighted by Gasteiger charge is 2.21. The maximum Gasteiger partial charge on any atom is 0.0836 e. The summed E-state index contributed by atoms with van der Waals surface area (Å²) in [5.41, 5.74) is 0. The molecule has 3 nitrogen and oxygen atoms in total. The maximum atomic E-state index is 2.46. The Balaban J connectivity index is 3.87. The van der Waals surface area contributed by atoms with E-state index in [4.69, 9.17) is 0 Å². The lowest BCUT2D eigenvalue weighted by Crippen LogP contribution is -2.48. The molecule has 0 saturated carbocycles. The second-order valence-electron chi connectivity index (χ2n) is 13.8. The van der Waals surface area contributed by atoms with E-state index in [9.17, 15) is 0 Å². The summed E-state index contributed by atoms with van der Waals surface area (Å²) in [7, 11) is 14.7. The molecule has 212 valence electrons. The van der Waals surface area contributed by atoms with E-state index in [0.717, 1.165) is 0 Å². The summed E-state index contributed by atoms with van der Waals surface area (Å²) in [5, 5.41) is 0. The standard InChI is InChI=1S/C32H72N3/c1-9-11-13-15-17-19-21-23-27-33(3,4)29-25-31-35(7,8)32-26-30-34(5,6)28-24-22-20-18-16-14-12-10-2/h9-32H2,1-8H3/q+3. The Bertz CT molecular complexity index is 416. The molecule has 0 amide bonds. The summed E-state index contributed by atoms with van der Waals surface area (Å²) >= 11 is 0. The van der Waals surface area contributed by atoms with Gasteiger partial charge in [0.25, 0.3) is 0 Å². The van der Waals surface area contributed by atoms with Crippen LogP contribution in [0.2, 0.25) is 0 Å². The first-order valence-corrected chi connectivity index (χ1v) is 16.0. The molecule has 0 aliphatic rings. The topological polar surface area (TPSA) is 0 Å². The Kier molecular flexibility index (Phi) is 20.8. The van der Waals surface area contributed by atoms with E-state index in [2.05, 4.69) is 56.1 Å². The van der Waals surface area contributed by atoms with Crippen molar-refractivity contribution < 1.29 is 13.4 Å². The number of hydrogen-bond donors (Lipinski definition) is 0. The van der Waals surface area contributed by atoms with E-state index in [0.29, 0.717) is 0 Å². The van der Waals surface area contributed by atoms with Crippen molar-refractivity contribution >= 4 is 0 Å². The average Bonchev–Trinajstić information content (AvgIpc) is 2.76. The normalized spacial score (nSPS) is 13.0. The molecule has 3 heteroatoms. The SMILES string of the molecule is CCCCCCCCCC[N+](C)(C)CCC[N+](C)(C)CCC[N+](C)(C)CCCCCCCCCC. The van der Waals surface area contributed by atoms with Gasteiger partial charge < -0.3 is 13.4 Å². The van der Waals surface area contributed by atoms with Crippen LogP contribution in [0, 0.1) is 0 Å². The minimum Gasteiger partial charge on any atom is -0.328 e. The molecular formula is C32H72N3+3. The number of rotatable bonds is 26. The lowest BCUT2D eigenvalue weighted by molar-refractivity contribution is -0.917. The second kappa shape index (κ2) is 20.9. The van der Waals surface area contributed by atoms with Crippen LogP contribution >= 0.6 is 0 Å². The van der Waals surface area contributed by atoms with Crippen LogP contribution in [0.25, 0.3) is 0 Å². The number of unbranched alkanes of at least 4 members (excludes halogenated alkanes) is 14. The number of nitrogens with zero attached hydrogens (tertiary/aromatic N) is 3. The van der Waals surface area contributed by atoms with Crippen LogP contribution in [0.3, 0.4) is 0 Å². The molecule has 0 radical (unpaired) electrons. The van der Waals surface area contributed by atoms with Crippen molar-refractivity contribution in [3.05, 3.63) is 0 Å². The van der Waals surface area contributed by atoms with Crippen LogP contribution in [0.1, 0.15) is 129 Å². The van der Waals surface area contributed by atoms with Gasteiger partial charge in [0.05, 0.1) is 81.6 Å². The van der Waals surface area contributed by atoms with Gasteiger partial charge in [-0.2, -0.15) is 0 Å². The fourth-order valence-electron chi connectivity index (χ4n) is 5.54. The summed E-state index contributed by atoms with van der Waals surface area (Å²) in [4.78, 5) is 0. The molecule has 0 aliphatic carbocycles. The van der Waals surface area contributed by atoms with Gasteiger partial charge in [-0.05, 0) is 25.7 Å². The van der Waals surface area contributed by atoms with E-state index >= 15 is 0 Å². The highest BCUT2D eigenvalue weighted by atomic mass is 15.3. The molecule has 0 aromatic carbocycles. The minimum absolute atomic E-state index is 1.19. The van der Waals surface area contributed by atoms with E-state index in [1.165, 1.54) is 168 Å². The Morgan fingerprint density at radius 2 is 0.457 bits per heavy atom. The largest absolute Gasteiger partial charge is 0.328 e. The fraction of sp³-hybridized carbons (Fsp3) is 1.00. The first-order valence-electron chi connectivity index (χ1n) is 16.0. The van der Waals surface area contributed by atoms with Crippen LogP contribution in [0.4, 0.5) is 0 Å². The van der Waals surface area contributed by atoms with Crippen LogP contribution in [0.5, 0.6) is 0 Å². The molecule has 0 fully saturated rings. The molecule has 0 saturated heterocycles. The van der Waals surface area contributed by atoms with Gasteiger partial charge in [-0.1, -0.05) is 90.9 Å². The third-order valence-electron chi connectivity index (χ3n) is 8.29. The van der Waals surface area contributed by atoms with Crippen molar-refractivity contribution in [1.82, 2.24) is 0 Å². The lowest BCUT2D eigenvalue weighted by atomic mass is 10.1. The molecule has 0 N–H and O–H groups in total. The Labute approximate surface area is 224 Å². The van der Waals surface area contributed by atoms with Gasteiger partial charge in [0, 0.05) is 12.8 Å². The molecular weight excluding hydrogens is 426 g/mol. The van der Waals surface area contributed by atoms with E-state index in [1.54, 1.807) is 0 Å². The first-order chi connectivity index (χ1) is 16.5. The van der Waals surface area contributed by atoms with Crippen molar-refractivity contribution in [1.29, 1.82) is 0 Å². The van der Waals surface area contributed by atoms with Crippen LogP contribution in [-0.4, -0.2) is 95.0 Å². The van der Waals surface area contributed by atoms with Gasteiger partial charge in [0.1, 0.15) is 0 Å². The molecule has 0 spiro atoms. The van der Waals surface area contributed by atoms with E-state index in [1.807, 2.05) is 0 Å². The summed E-state index contributed by atoms with van der Waals surface area (Å²) in [5.74, 6) is 0. The summed E-state index contributed by atoms with van der Waals surface area (Å²) in [6.45, 7) is 12.6. The van der Waals surface area contributed by atoms with Crippen LogP contribution in [0.15, 0.2) is 0 Å².